The Morgan fingerprint density at radius 2 is 1.93 bits per heavy atom. The summed E-state index contributed by atoms with van der Waals surface area (Å²) in [5.74, 6) is -0.320. The van der Waals surface area contributed by atoms with Crippen molar-refractivity contribution in [1.29, 1.82) is 0 Å². The summed E-state index contributed by atoms with van der Waals surface area (Å²) in [6, 6.07) is 14.3. The smallest absolute Gasteiger partial charge is 0.278 e. The molecule has 0 spiro atoms. The topological polar surface area (TPSA) is 108 Å². The summed E-state index contributed by atoms with van der Waals surface area (Å²) in [6.45, 7) is 1.68. The first-order valence-electron chi connectivity index (χ1n) is 8.69. The second-order valence-electron chi connectivity index (χ2n) is 6.29. The normalized spacial score (nSPS) is 12.0. The number of hydrogen-bond donors (Lipinski definition) is 1. The van der Waals surface area contributed by atoms with Crippen molar-refractivity contribution in [3.8, 4) is 5.69 Å². The van der Waals surface area contributed by atoms with Crippen LogP contribution in [0, 0.1) is 0 Å². The summed E-state index contributed by atoms with van der Waals surface area (Å²) >= 11 is 0. The maximum absolute atomic E-state index is 12.4. The van der Waals surface area contributed by atoms with Crippen molar-refractivity contribution in [2.75, 3.05) is 0 Å². The Balaban J connectivity index is 1.45. The fraction of sp³-hybridized carbons (Fsp3) is 0.158. The van der Waals surface area contributed by atoms with Crippen LogP contribution < -0.4 is 10.9 Å². The average molecular weight is 375 g/mol. The molecule has 9 nitrogen and oxygen atoms in total. The van der Waals surface area contributed by atoms with Gasteiger partial charge in [-0.25, -0.2) is 14.3 Å². The van der Waals surface area contributed by atoms with Gasteiger partial charge in [-0.15, -0.1) is 5.10 Å². The van der Waals surface area contributed by atoms with E-state index in [4.69, 9.17) is 0 Å². The molecule has 0 saturated carbocycles. The van der Waals surface area contributed by atoms with Crippen LogP contribution in [-0.4, -0.2) is 35.7 Å². The molecule has 0 aliphatic heterocycles. The third kappa shape index (κ3) is 3.50. The van der Waals surface area contributed by atoms with Crippen LogP contribution in [0.2, 0.25) is 0 Å². The first kappa shape index (κ1) is 17.5. The lowest BCUT2D eigenvalue weighted by Gasteiger charge is -2.15. The van der Waals surface area contributed by atoms with Gasteiger partial charge in [0.05, 0.1) is 17.1 Å². The van der Waals surface area contributed by atoms with E-state index in [0.717, 1.165) is 15.9 Å². The van der Waals surface area contributed by atoms with Crippen LogP contribution in [0.4, 0.5) is 0 Å². The second-order valence-corrected chi connectivity index (χ2v) is 6.29. The fourth-order valence-corrected chi connectivity index (χ4v) is 2.89. The highest BCUT2D eigenvalue weighted by Crippen LogP contribution is 2.15. The Hall–Kier alpha value is -3.88. The fourth-order valence-electron chi connectivity index (χ4n) is 2.89. The summed E-state index contributed by atoms with van der Waals surface area (Å²) < 4.78 is 2.72. The molecule has 2 heterocycles. The van der Waals surface area contributed by atoms with Crippen LogP contribution in [-0.2, 0) is 11.3 Å². The Morgan fingerprint density at radius 1 is 1.14 bits per heavy atom. The standard InChI is InChI=1S/C19H17N7O2/c1-13(14-6-8-15(9-7-14)26-12-20-11-21-26)22-18(27)10-25-19(28)16-4-2-3-5-17(16)23-24-25/h2-9,11-13H,10H2,1H3,(H,22,27). The largest absolute Gasteiger partial charge is 0.348 e. The molecule has 0 fully saturated rings. The van der Waals surface area contributed by atoms with Crippen molar-refractivity contribution in [2.45, 2.75) is 19.5 Å². The number of benzene rings is 2. The summed E-state index contributed by atoms with van der Waals surface area (Å²) in [6.07, 6.45) is 3.08. The highest BCUT2D eigenvalue weighted by Gasteiger charge is 2.13. The predicted octanol–water partition coefficient (Wildman–Crippen LogP) is 1.25. The van der Waals surface area contributed by atoms with Gasteiger partial charge >= 0.3 is 0 Å². The number of carbonyl (C=O) groups is 1. The summed E-state index contributed by atoms with van der Waals surface area (Å²) in [4.78, 5) is 28.7. The van der Waals surface area contributed by atoms with Gasteiger partial charge in [0.15, 0.2) is 0 Å². The Bertz CT molecular complexity index is 1170. The van der Waals surface area contributed by atoms with E-state index in [2.05, 4.69) is 25.7 Å². The molecule has 4 rings (SSSR count). The third-order valence-electron chi connectivity index (χ3n) is 4.38. The van der Waals surface area contributed by atoms with Crippen molar-refractivity contribution in [3.63, 3.8) is 0 Å². The first-order chi connectivity index (χ1) is 13.6. The van der Waals surface area contributed by atoms with Gasteiger partial charge in [-0.2, -0.15) is 5.10 Å². The third-order valence-corrected chi connectivity index (χ3v) is 4.38. The van der Waals surface area contributed by atoms with E-state index >= 15 is 0 Å². The number of amides is 1. The van der Waals surface area contributed by atoms with E-state index in [1.54, 1.807) is 35.3 Å². The van der Waals surface area contributed by atoms with Crippen molar-refractivity contribution in [1.82, 2.24) is 35.1 Å². The zero-order valence-electron chi connectivity index (χ0n) is 15.1. The molecule has 140 valence electrons. The first-order valence-corrected chi connectivity index (χ1v) is 8.69. The molecule has 0 saturated heterocycles. The zero-order chi connectivity index (χ0) is 19.5. The van der Waals surface area contributed by atoms with E-state index in [0.29, 0.717) is 10.9 Å². The van der Waals surface area contributed by atoms with Crippen LogP contribution in [0.5, 0.6) is 0 Å². The molecular formula is C19H17N7O2. The van der Waals surface area contributed by atoms with Gasteiger partial charge in [0.2, 0.25) is 5.91 Å². The summed E-state index contributed by atoms with van der Waals surface area (Å²) in [5.41, 5.74) is 1.96. The van der Waals surface area contributed by atoms with E-state index < -0.39 is 0 Å². The number of aromatic nitrogens is 6. The number of nitrogens with zero attached hydrogens (tertiary/aromatic N) is 6. The monoisotopic (exact) mass is 375 g/mol. The minimum Gasteiger partial charge on any atom is -0.348 e. The van der Waals surface area contributed by atoms with Gasteiger partial charge in [-0.3, -0.25) is 9.59 Å². The molecule has 1 N–H and O–H groups in total. The maximum atomic E-state index is 12.4. The molecule has 1 unspecified atom stereocenters. The van der Waals surface area contributed by atoms with Gasteiger partial charge in [0.25, 0.3) is 5.56 Å². The van der Waals surface area contributed by atoms with Crippen LogP contribution >= 0.6 is 0 Å². The van der Waals surface area contributed by atoms with E-state index in [1.165, 1.54) is 6.33 Å². The molecule has 4 aromatic rings. The number of hydrogen-bond acceptors (Lipinski definition) is 6. The maximum Gasteiger partial charge on any atom is 0.278 e. The molecular weight excluding hydrogens is 358 g/mol. The molecule has 0 aliphatic rings. The Kier molecular flexibility index (Phi) is 4.63. The molecule has 1 amide bonds. The Morgan fingerprint density at radius 3 is 2.68 bits per heavy atom. The quantitative estimate of drug-likeness (QED) is 0.562. The molecule has 9 heteroatoms. The molecule has 2 aromatic carbocycles. The second kappa shape index (κ2) is 7.39. The van der Waals surface area contributed by atoms with Crippen LogP contribution in [0.15, 0.2) is 66.0 Å². The predicted molar refractivity (Wildman–Crippen MR) is 102 cm³/mol. The van der Waals surface area contributed by atoms with Gasteiger partial charge in [0.1, 0.15) is 24.7 Å². The lowest BCUT2D eigenvalue weighted by molar-refractivity contribution is -0.122. The number of carbonyl (C=O) groups excluding carboxylic acids is 1. The Labute approximate surface area is 159 Å². The molecule has 2 aromatic heterocycles. The van der Waals surface area contributed by atoms with Crippen LogP contribution in [0.1, 0.15) is 18.5 Å². The number of rotatable bonds is 5. The minimum atomic E-state index is -0.342. The van der Waals surface area contributed by atoms with Gasteiger partial charge < -0.3 is 5.32 Å². The van der Waals surface area contributed by atoms with E-state index in [9.17, 15) is 9.59 Å². The molecule has 0 aliphatic carbocycles. The molecule has 1 atom stereocenters. The van der Waals surface area contributed by atoms with Gasteiger partial charge in [0, 0.05) is 0 Å². The number of fused-ring (bicyclic) bond motifs is 1. The van der Waals surface area contributed by atoms with Crippen LogP contribution in [0.25, 0.3) is 16.6 Å². The van der Waals surface area contributed by atoms with Gasteiger partial charge in [-0.05, 0) is 36.8 Å². The highest BCUT2D eigenvalue weighted by atomic mass is 16.2. The minimum absolute atomic E-state index is 0.196. The molecule has 0 bridgehead atoms. The van der Waals surface area contributed by atoms with Gasteiger partial charge in [-0.1, -0.05) is 29.5 Å². The van der Waals surface area contributed by atoms with Crippen molar-refractivity contribution < 1.29 is 4.79 Å². The highest BCUT2D eigenvalue weighted by molar-refractivity contribution is 5.78. The lowest BCUT2D eigenvalue weighted by atomic mass is 10.1. The zero-order valence-corrected chi connectivity index (χ0v) is 15.1. The lowest BCUT2D eigenvalue weighted by Crippen LogP contribution is -2.35. The SMILES string of the molecule is CC(NC(=O)Cn1nnc2ccccc2c1=O)c1ccc(-n2cncn2)cc1. The van der Waals surface area contributed by atoms with Crippen molar-refractivity contribution >= 4 is 16.8 Å². The van der Waals surface area contributed by atoms with Crippen LogP contribution in [0.3, 0.4) is 0 Å². The van der Waals surface area contributed by atoms with Crippen molar-refractivity contribution in [2.24, 2.45) is 0 Å². The van der Waals surface area contributed by atoms with Crippen molar-refractivity contribution in [3.05, 3.63) is 77.1 Å². The summed E-state index contributed by atoms with van der Waals surface area (Å²) in [7, 11) is 0. The molecule has 28 heavy (non-hydrogen) atoms. The van der Waals surface area contributed by atoms with E-state index in [1.807, 2.05) is 31.2 Å². The average Bonchev–Trinajstić information content (AvgIpc) is 3.25. The van der Waals surface area contributed by atoms with E-state index in [-0.39, 0.29) is 24.1 Å². The molecule has 0 radical (unpaired) electrons. The summed E-state index contributed by atoms with van der Waals surface area (Å²) in [5, 5.41) is 15.2. The number of nitrogens with one attached hydrogen (secondary N) is 1.